The molecule has 0 saturated heterocycles. The summed E-state index contributed by atoms with van der Waals surface area (Å²) in [7, 11) is 3.61. The van der Waals surface area contributed by atoms with Gasteiger partial charge in [-0.3, -0.25) is 4.68 Å². The van der Waals surface area contributed by atoms with Crippen LogP contribution in [-0.2, 0) is 0 Å². The van der Waals surface area contributed by atoms with E-state index < -0.39 is 0 Å². The number of aromatic nitrogens is 2. The molecule has 1 heterocycles. The first-order chi connectivity index (χ1) is 9.99. The molecule has 0 amide bonds. The van der Waals surface area contributed by atoms with E-state index in [1.807, 2.05) is 24.7 Å². The fraction of sp³-hybridized carbons (Fsp3) is 0.438. The lowest BCUT2D eigenvalue weighted by Gasteiger charge is -2.21. The van der Waals surface area contributed by atoms with Crippen LogP contribution >= 0.6 is 11.6 Å². The van der Waals surface area contributed by atoms with Gasteiger partial charge in [-0.2, -0.15) is 5.10 Å². The molecule has 0 radical (unpaired) electrons. The zero-order valence-electron chi connectivity index (χ0n) is 13.1. The number of benzene rings is 1. The maximum absolute atomic E-state index is 6.36. The molecule has 21 heavy (non-hydrogen) atoms. The lowest BCUT2D eigenvalue weighted by atomic mass is 10.0. The first kappa shape index (κ1) is 15.9. The number of methoxy groups -OCH3 is 1. The van der Waals surface area contributed by atoms with Crippen molar-refractivity contribution in [3.8, 4) is 5.75 Å². The number of aryl methyl sites for hydroxylation is 1. The van der Waals surface area contributed by atoms with Crippen LogP contribution in [0.2, 0.25) is 5.02 Å². The molecule has 0 fully saturated rings. The van der Waals surface area contributed by atoms with E-state index in [0.29, 0.717) is 5.02 Å². The highest BCUT2D eigenvalue weighted by molar-refractivity contribution is 6.31. The van der Waals surface area contributed by atoms with Crippen molar-refractivity contribution in [1.82, 2.24) is 15.1 Å². The Hall–Kier alpha value is -1.52. The van der Waals surface area contributed by atoms with E-state index in [2.05, 4.69) is 36.4 Å². The van der Waals surface area contributed by atoms with E-state index in [1.165, 1.54) is 0 Å². The van der Waals surface area contributed by atoms with E-state index in [0.717, 1.165) is 22.6 Å². The van der Waals surface area contributed by atoms with Crippen molar-refractivity contribution in [2.24, 2.45) is 0 Å². The Kier molecular flexibility index (Phi) is 4.91. The third-order valence-corrected chi connectivity index (χ3v) is 3.88. The Morgan fingerprint density at radius 1 is 1.33 bits per heavy atom. The largest absolute Gasteiger partial charge is 0.496 e. The van der Waals surface area contributed by atoms with Crippen LogP contribution in [0.3, 0.4) is 0 Å². The van der Waals surface area contributed by atoms with Gasteiger partial charge in [0.15, 0.2) is 0 Å². The molecule has 4 nitrogen and oxygen atoms in total. The van der Waals surface area contributed by atoms with Crippen molar-refractivity contribution in [3.05, 3.63) is 46.2 Å². The second-order valence-corrected chi connectivity index (χ2v) is 5.77. The van der Waals surface area contributed by atoms with Gasteiger partial charge in [0.25, 0.3) is 0 Å². The summed E-state index contributed by atoms with van der Waals surface area (Å²) in [6.07, 6.45) is 1.71. The molecular formula is C16H22ClN3O. The summed E-state index contributed by atoms with van der Waals surface area (Å²) >= 11 is 6.36. The molecule has 2 rings (SSSR count). The van der Waals surface area contributed by atoms with Crippen molar-refractivity contribution in [3.63, 3.8) is 0 Å². The van der Waals surface area contributed by atoms with Crippen LogP contribution < -0.4 is 10.1 Å². The maximum atomic E-state index is 6.36. The molecular weight excluding hydrogens is 286 g/mol. The fourth-order valence-electron chi connectivity index (χ4n) is 2.57. The fourth-order valence-corrected chi connectivity index (χ4v) is 2.81. The lowest BCUT2D eigenvalue weighted by molar-refractivity contribution is 0.411. The molecule has 0 aliphatic heterocycles. The van der Waals surface area contributed by atoms with Gasteiger partial charge in [-0.1, -0.05) is 23.7 Å². The smallest absolute Gasteiger partial charge is 0.121 e. The second kappa shape index (κ2) is 6.50. The molecule has 0 aliphatic rings. The van der Waals surface area contributed by atoms with Gasteiger partial charge in [0, 0.05) is 6.04 Å². The van der Waals surface area contributed by atoms with E-state index in [-0.39, 0.29) is 12.1 Å². The molecule has 1 aromatic heterocycles. The molecule has 5 heteroatoms. The quantitative estimate of drug-likeness (QED) is 0.914. The van der Waals surface area contributed by atoms with Crippen LogP contribution in [-0.4, -0.2) is 23.9 Å². The van der Waals surface area contributed by atoms with Gasteiger partial charge in [-0.05, 0) is 45.0 Å². The number of ether oxygens (including phenoxy) is 1. The number of nitrogens with one attached hydrogen (secondary N) is 1. The Morgan fingerprint density at radius 2 is 2.05 bits per heavy atom. The molecule has 2 aromatic rings. The summed E-state index contributed by atoms with van der Waals surface area (Å²) in [5.41, 5.74) is 3.22. The van der Waals surface area contributed by atoms with Gasteiger partial charge in [0.05, 0.1) is 30.1 Å². The zero-order valence-corrected chi connectivity index (χ0v) is 13.9. The minimum atomic E-state index is -0.00740. The average molecular weight is 308 g/mol. The molecule has 114 valence electrons. The molecule has 1 N–H and O–H groups in total. The van der Waals surface area contributed by atoms with Gasteiger partial charge in [-0.15, -0.1) is 0 Å². The molecule has 0 spiro atoms. The van der Waals surface area contributed by atoms with Crippen molar-refractivity contribution < 1.29 is 4.74 Å². The number of hydrogen-bond acceptors (Lipinski definition) is 3. The summed E-state index contributed by atoms with van der Waals surface area (Å²) in [4.78, 5) is 0. The summed E-state index contributed by atoms with van der Waals surface area (Å²) in [6, 6.07) is 6.41. The average Bonchev–Trinajstić information content (AvgIpc) is 2.82. The predicted molar refractivity (Wildman–Crippen MR) is 86.3 cm³/mol. The molecule has 0 saturated carbocycles. The topological polar surface area (TPSA) is 39.1 Å². The Morgan fingerprint density at radius 3 is 2.57 bits per heavy atom. The molecule has 1 unspecified atom stereocenters. The van der Waals surface area contributed by atoms with Gasteiger partial charge < -0.3 is 10.1 Å². The van der Waals surface area contributed by atoms with Crippen LogP contribution in [0.5, 0.6) is 5.75 Å². The second-order valence-electron chi connectivity index (χ2n) is 5.37. The normalized spacial score (nSPS) is 12.7. The van der Waals surface area contributed by atoms with Crippen molar-refractivity contribution in [1.29, 1.82) is 0 Å². The Bertz CT molecular complexity index is 622. The van der Waals surface area contributed by atoms with Gasteiger partial charge in [0.1, 0.15) is 5.75 Å². The number of rotatable bonds is 5. The van der Waals surface area contributed by atoms with Gasteiger partial charge in [-0.25, -0.2) is 0 Å². The number of hydrogen-bond donors (Lipinski definition) is 1. The first-order valence-corrected chi connectivity index (χ1v) is 7.42. The predicted octanol–water partition coefficient (Wildman–Crippen LogP) is 3.74. The lowest BCUT2D eigenvalue weighted by Crippen LogP contribution is -2.23. The van der Waals surface area contributed by atoms with E-state index >= 15 is 0 Å². The van der Waals surface area contributed by atoms with Gasteiger partial charge >= 0.3 is 0 Å². The summed E-state index contributed by atoms with van der Waals surface area (Å²) < 4.78 is 7.29. The maximum Gasteiger partial charge on any atom is 0.121 e. The minimum Gasteiger partial charge on any atom is -0.496 e. The summed E-state index contributed by atoms with van der Waals surface area (Å²) in [6.45, 7) is 6.23. The third-order valence-electron chi connectivity index (χ3n) is 3.59. The highest BCUT2D eigenvalue weighted by Gasteiger charge is 2.22. The Labute approximate surface area is 131 Å². The zero-order chi connectivity index (χ0) is 15.6. The Balaban J connectivity index is 2.49. The van der Waals surface area contributed by atoms with E-state index in [4.69, 9.17) is 16.3 Å². The minimum absolute atomic E-state index is 0.00740. The van der Waals surface area contributed by atoms with Crippen molar-refractivity contribution in [2.75, 3.05) is 14.2 Å². The van der Waals surface area contributed by atoms with Crippen molar-refractivity contribution in [2.45, 2.75) is 32.9 Å². The highest BCUT2D eigenvalue weighted by atomic mass is 35.5. The van der Waals surface area contributed by atoms with Crippen LogP contribution in [0.1, 0.15) is 42.8 Å². The van der Waals surface area contributed by atoms with Crippen LogP contribution in [0, 0.1) is 6.92 Å². The van der Waals surface area contributed by atoms with Crippen LogP contribution in [0.25, 0.3) is 0 Å². The highest BCUT2D eigenvalue weighted by Crippen LogP contribution is 2.32. The van der Waals surface area contributed by atoms with Crippen LogP contribution in [0.15, 0.2) is 24.4 Å². The van der Waals surface area contributed by atoms with Gasteiger partial charge in [0.2, 0.25) is 0 Å². The third kappa shape index (κ3) is 3.06. The van der Waals surface area contributed by atoms with Crippen LogP contribution in [0.4, 0.5) is 0 Å². The van der Waals surface area contributed by atoms with Crippen molar-refractivity contribution >= 4 is 11.6 Å². The standard InChI is InChI=1S/C16H22ClN3O/c1-10(2)20-16(13(17)9-19-20)15(18-4)12-6-7-14(21-5)11(3)8-12/h6-10,15,18H,1-5H3. The molecule has 0 aliphatic carbocycles. The number of halogens is 1. The molecule has 0 bridgehead atoms. The summed E-state index contributed by atoms with van der Waals surface area (Å²) in [5.74, 6) is 0.886. The molecule has 1 aromatic carbocycles. The van der Waals surface area contributed by atoms with E-state index in [1.54, 1.807) is 13.3 Å². The number of nitrogens with zero attached hydrogens (tertiary/aromatic N) is 2. The molecule has 1 atom stereocenters. The van der Waals surface area contributed by atoms with E-state index in [9.17, 15) is 0 Å². The summed E-state index contributed by atoms with van der Waals surface area (Å²) in [5, 5.41) is 8.40. The monoisotopic (exact) mass is 307 g/mol. The SMILES string of the molecule is CNC(c1ccc(OC)c(C)c1)c1c(Cl)cnn1C(C)C. The first-order valence-electron chi connectivity index (χ1n) is 7.04.